The van der Waals surface area contributed by atoms with E-state index in [2.05, 4.69) is 0 Å². The molecule has 0 aliphatic rings. The number of halogens is 1. The van der Waals surface area contributed by atoms with Gasteiger partial charge < -0.3 is 9.84 Å². The first kappa shape index (κ1) is 12.8. The van der Waals surface area contributed by atoms with Crippen LogP contribution in [0.5, 0.6) is 5.75 Å². The highest BCUT2D eigenvalue weighted by atomic mass is 35.5. The average Bonchev–Trinajstić information content (AvgIpc) is 2.14. The number of ether oxygens (including phenoxy) is 1. The van der Waals surface area contributed by atoms with Gasteiger partial charge in [0.1, 0.15) is 4.90 Å². The lowest BCUT2D eigenvalue weighted by Crippen LogP contribution is -2.05. The van der Waals surface area contributed by atoms with E-state index in [1.165, 1.54) is 7.11 Å². The van der Waals surface area contributed by atoms with Crippen molar-refractivity contribution in [2.75, 3.05) is 13.4 Å². The van der Waals surface area contributed by atoms with Crippen molar-refractivity contribution < 1.29 is 23.1 Å². The largest absolute Gasteiger partial charge is 0.494 e. The summed E-state index contributed by atoms with van der Waals surface area (Å²) >= 11 is 5.73. The third-order valence-electron chi connectivity index (χ3n) is 1.86. The average molecular weight is 265 g/mol. The molecule has 1 aromatic carbocycles. The molecular formula is C9H9ClO5S. The Morgan fingerprint density at radius 1 is 1.44 bits per heavy atom. The van der Waals surface area contributed by atoms with Crippen LogP contribution in [-0.4, -0.2) is 32.9 Å². The number of methoxy groups -OCH3 is 1. The summed E-state index contributed by atoms with van der Waals surface area (Å²) in [6.45, 7) is 0. The minimum Gasteiger partial charge on any atom is -0.494 e. The summed E-state index contributed by atoms with van der Waals surface area (Å²) in [7, 11) is -2.34. The van der Waals surface area contributed by atoms with Crippen LogP contribution in [0.1, 0.15) is 10.4 Å². The molecule has 88 valence electrons. The molecule has 0 aromatic heterocycles. The summed E-state index contributed by atoms with van der Waals surface area (Å²) in [5.74, 6) is -1.30. The highest BCUT2D eigenvalue weighted by Gasteiger charge is 2.20. The molecular weight excluding hydrogens is 256 g/mol. The quantitative estimate of drug-likeness (QED) is 0.894. The first-order valence-corrected chi connectivity index (χ1v) is 6.35. The van der Waals surface area contributed by atoms with Crippen LogP contribution in [0.2, 0.25) is 5.02 Å². The van der Waals surface area contributed by atoms with Crippen molar-refractivity contribution in [2.24, 2.45) is 0 Å². The zero-order valence-electron chi connectivity index (χ0n) is 8.52. The number of carboxylic acids is 1. The van der Waals surface area contributed by atoms with E-state index >= 15 is 0 Å². The van der Waals surface area contributed by atoms with Crippen molar-refractivity contribution in [1.29, 1.82) is 0 Å². The van der Waals surface area contributed by atoms with Crippen LogP contribution >= 0.6 is 11.6 Å². The smallest absolute Gasteiger partial charge is 0.335 e. The van der Waals surface area contributed by atoms with E-state index in [1.807, 2.05) is 0 Å². The molecule has 7 heteroatoms. The van der Waals surface area contributed by atoms with E-state index in [9.17, 15) is 13.2 Å². The molecule has 0 atom stereocenters. The molecule has 0 aliphatic heterocycles. The Kier molecular flexibility index (Phi) is 3.44. The summed E-state index contributed by atoms with van der Waals surface area (Å²) in [6.07, 6.45) is 0.951. The summed E-state index contributed by atoms with van der Waals surface area (Å²) < 4.78 is 27.6. The molecule has 1 aromatic rings. The summed E-state index contributed by atoms with van der Waals surface area (Å²) in [5, 5.41) is 8.72. The Balaban J connectivity index is 3.62. The van der Waals surface area contributed by atoms with Crippen LogP contribution in [0, 0.1) is 0 Å². The minimum absolute atomic E-state index is 0.0471. The molecule has 0 bridgehead atoms. The van der Waals surface area contributed by atoms with Gasteiger partial charge in [-0.15, -0.1) is 0 Å². The number of aromatic carboxylic acids is 1. The Labute approximate surface area is 97.5 Å². The maximum absolute atomic E-state index is 11.4. The lowest BCUT2D eigenvalue weighted by molar-refractivity contribution is 0.0696. The molecule has 0 heterocycles. The van der Waals surface area contributed by atoms with Crippen LogP contribution in [-0.2, 0) is 9.84 Å². The second-order valence-corrected chi connectivity index (χ2v) is 5.46. The van der Waals surface area contributed by atoms with E-state index in [-0.39, 0.29) is 21.2 Å². The van der Waals surface area contributed by atoms with Gasteiger partial charge in [-0.25, -0.2) is 13.2 Å². The van der Waals surface area contributed by atoms with Gasteiger partial charge in [0.25, 0.3) is 0 Å². The second kappa shape index (κ2) is 4.31. The molecule has 0 fully saturated rings. The topological polar surface area (TPSA) is 80.7 Å². The molecule has 1 rings (SSSR count). The first-order valence-electron chi connectivity index (χ1n) is 4.08. The number of sulfone groups is 1. The van der Waals surface area contributed by atoms with E-state index in [4.69, 9.17) is 21.4 Å². The molecule has 1 N–H and O–H groups in total. The molecule has 0 radical (unpaired) electrons. The highest BCUT2D eigenvalue weighted by Crippen LogP contribution is 2.33. The SMILES string of the molecule is COc1c(Cl)cc(C(=O)O)cc1S(C)(=O)=O. The fourth-order valence-electron chi connectivity index (χ4n) is 1.17. The normalized spacial score (nSPS) is 11.2. The summed E-state index contributed by atoms with van der Waals surface area (Å²) in [6, 6.07) is 2.15. The van der Waals surface area contributed by atoms with E-state index in [0.29, 0.717) is 0 Å². The van der Waals surface area contributed by atoms with Crippen molar-refractivity contribution in [3.63, 3.8) is 0 Å². The predicted octanol–water partition coefficient (Wildman–Crippen LogP) is 1.45. The third-order valence-corrected chi connectivity index (χ3v) is 3.24. The maximum atomic E-state index is 11.4. The van der Waals surface area contributed by atoms with Gasteiger partial charge in [0.15, 0.2) is 15.6 Å². The fraction of sp³-hybridized carbons (Fsp3) is 0.222. The van der Waals surface area contributed by atoms with Gasteiger partial charge in [-0.2, -0.15) is 0 Å². The minimum atomic E-state index is -3.60. The molecule has 0 unspecified atom stereocenters. The van der Waals surface area contributed by atoms with Gasteiger partial charge in [0.2, 0.25) is 0 Å². The van der Waals surface area contributed by atoms with Crippen LogP contribution < -0.4 is 4.74 Å². The molecule has 5 nitrogen and oxygen atoms in total. The molecule has 0 aliphatic carbocycles. The standard InChI is InChI=1S/C9H9ClO5S/c1-15-8-6(10)3-5(9(11)12)4-7(8)16(2,13)14/h3-4H,1-2H3,(H,11,12). The summed E-state index contributed by atoms with van der Waals surface area (Å²) in [4.78, 5) is 10.5. The lowest BCUT2D eigenvalue weighted by atomic mass is 10.2. The van der Waals surface area contributed by atoms with Gasteiger partial charge in [-0.05, 0) is 12.1 Å². The van der Waals surface area contributed by atoms with E-state index < -0.39 is 15.8 Å². The number of benzene rings is 1. The zero-order valence-corrected chi connectivity index (χ0v) is 10.1. The van der Waals surface area contributed by atoms with E-state index in [1.54, 1.807) is 0 Å². The monoisotopic (exact) mass is 264 g/mol. The van der Waals surface area contributed by atoms with Gasteiger partial charge >= 0.3 is 5.97 Å². The number of carbonyl (C=O) groups is 1. The van der Waals surface area contributed by atoms with Crippen molar-refractivity contribution in [1.82, 2.24) is 0 Å². The maximum Gasteiger partial charge on any atom is 0.335 e. The number of rotatable bonds is 3. The first-order chi connectivity index (χ1) is 7.27. The Morgan fingerprint density at radius 2 is 2.00 bits per heavy atom. The van der Waals surface area contributed by atoms with Crippen molar-refractivity contribution in [2.45, 2.75) is 4.90 Å². The predicted molar refractivity (Wildman–Crippen MR) is 58.1 cm³/mol. The third kappa shape index (κ3) is 2.45. The van der Waals surface area contributed by atoms with Crippen molar-refractivity contribution in [3.8, 4) is 5.75 Å². The van der Waals surface area contributed by atoms with Gasteiger partial charge in [0, 0.05) is 6.26 Å². The zero-order chi connectivity index (χ0) is 12.5. The molecule has 0 saturated carbocycles. The van der Waals surface area contributed by atoms with Gasteiger partial charge in [-0.3, -0.25) is 0 Å². The second-order valence-electron chi connectivity index (χ2n) is 3.07. The van der Waals surface area contributed by atoms with Gasteiger partial charge in [-0.1, -0.05) is 11.6 Å². The molecule has 0 spiro atoms. The molecule has 0 amide bonds. The summed E-state index contributed by atoms with van der Waals surface area (Å²) in [5.41, 5.74) is -0.203. The Hall–Kier alpha value is -1.27. The van der Waals surface area contributed by atoms with Gasteiger partial charge in [0.05, 0.1) is 17.7 Å². The van der Waals surface area contributed by atoms with E-state index in [0.717, 1.165) is 18.4 Å². The number of carboxylic acid groups (broad SMARTS) is 1. The van der Waals surface area contributed by atoms with Crippen molar-refractivity contribution >= 4 is 27.4 Å². The highest BCUT2D eigenvalue weighted by molar-refractivity contribution is 7.90. The van der Waals surface area contributed by atoms with Crippen LogP contribution in [0.4, 0.5) is 0 Å². The van der Waals surface area contributed by atoms with Crippen LogP contribution in [0.25, 0.3) is 0 Å². The Bertz CT molecular complexity index is 535. The molecule has 0 saturated heterocycles. The Morgan fingerprint density at radius 3 is 2.38 bits per heavy atom. The van der Waals surface area contributed by atoms with Crippen LogP contribution in [0.15, 0.2) is 17.0 Å². The fourth-order valence-corrected chi connectivity index (χ4v) is 2.39. The lowest BCUT2D eigenvalue weighted by Gasteiger charge is -2.09. The van der Waals surface area contributed by atoms with Crippen molar-refractivity contribution in [3.05, 3.63) is 22.7 Å². The molecule has 16 heavy (non-hydrogen) atoms. The van der Waals surface area contributed by atoms with Crippen LogP contribution in [0.3, 0.4) is 0 Å². The number of hydrogen-bond donors (Lipinski definition) is 1. The number of hydrogen-bond acceptors (Lipinski definition) is 4.